The zero-order valence-electron chi connectivity index (χ0n) is 13.3. The second kappa shape index (κ2) is 11.3. The Morgan fingerprint density at radius 1 is 1.26 bits per heavy atom. The molecular weight excluding hydrogens is 236 g/mol. The minimum Gasteiger partial charge on any atom is -0.381 e. The van der Waals surface area contributed by atoms with Crippen LogP contribution in [-0.2, 0) is 4.74 Å². The lowest BCUT2D eigenvalue weighted by Gasteiger charge is -2.23. The fourth-order valence-corrected chi connectivity index (χ4v) is 2.01. The van der Waals surface area contributed by atoms with Gasteiger partial charge in [0.25, 0.3) is 0 Å². The number of rotatable bonds is 12. The summed E-state index contributed by atoms with van der Waals surface area (Å²) in [4.78, 5) is 0. The average molecular weight is 268 g/mol. The highest BCUT2D eigenvalue weighted by molar-refractivity contribution is 5.03. The van der Waals surface area contributed by atoms with Crippen LogP contribution in [0.4, 0.5) is 0 Å². The van der Waals surface area contributed by atoms with Crippen molar-refractivity contribution < 1.29 is 4.74 Å². The van der Waals surface area contributed by atoms with Crippen LogP contribution in [0.3, 0.4) is 0 Å². The zero-order chi connectivity index (χ0) is 14.6. The van der Waals surface area contributed by atoms with Crippen LogP contribution in [0.15, 0.2) is 0 Å². The summed E-state index contributed by atoms with van der Waals surface area (Å²) in [6.07, 6.45) is 6.79. The first kappa shape index (κ1) is 18.4. The molecule has 0 aromatic rings. The SMILES string of the molecule is CCCCC(CC)COCCC(C)(C#N)NCCC. The van der Waals surface area contributed by atoms with Crippen molar-refractivity contribution in [1.29, 1.82) is 5.26 Å². The van der Waals surface area contributed by atoms with E-state index in [1.807, 2.05) is 6.92 Å². The van der Waals surface area contributed by atoms with Gasteiger partial charge in [-0.25, -0.2) is 0 Å². The van der Waals surface area contributed by atoms with Crippen LogP contribution in [-0.4, -0.2) is 25.3 Å². The summed E-state index contributed by atoms with van der Waals surface area (Å²) in [7, 11) is 0. The van der Waals surface area contributed by atoms with Crippen LogP contribution in [0, 0.1) is 17.2 Å². The molecule has 19 heavy (non-hydrogen) atoms. The van der Waals surface area contributed by atoms with Crippen LogP contribution in [0.25, 0.3) is 0 Å². The van der Waals surface area contributed by atoms with E-state index >= 15 is 0 Å². The van der Waals surface area contributed by atoms with Gasteiger partial charge in [-0.15, -0.1) is 0 Å². The molecule has 0 saturated heterocycles. The predicted molar refractivity (Wildman–Crippen MR) is 81.1 cm³/mol. The van der Waals surface area contributed by atoms with Crippen molar-refractivity contribution in [3.8, 4) is 6.07 Å². The smallest absolute Gasteiger partial charge is 0.106 e. The third kappa shape index (κ3) is 9.02. The Kier molecular flexibility index (Phi) is 10.9. The van der Waals surface area contributed by atoms with Crippen molar-refractivity contribution in [3.05, 3.63) is 0 Å². The third-order valence-electron chi connectivity index (χ3n) is 3.66. The highest BCUT2D eigenvalue weighted by Gasteiger charge is 2.22. The highest BCUT2D eigenvalue weighted by Crippen LogP contribution is 2.14. The first-order chi connectivity index (χ1) is 9.11. The molecule has 0 rings (SSSR count). The Hall–Kier alpha value is -0.590. The molecule has 0 aromatic carbocycles. The maximum absolute atomic E-state index is 9.21. The Balaban J connectivity index is 3.84. The van der Waals surface area contributed by atoms with Gasteiger partial charge in [0, 0.05) is 19.6 Å². The van der Waals surface area contributed by atoms with Crippen LogP contribution in [0.2, 0.25) is 0 Å². The molecule has 0 aliphatic heterocycles. The van der Waals surface area contributed by atoms with Crippen LogP contribution >= 0.6 is 0 Å². The van der Waals surface area contributed by atoms with Crippen LogP contribution in [0.5, 0.6) is 0 Å². The second-order valence-corrected chi connectivity index (χ2v) is 5.61. The molecule has 0 aliphatic rings. The summed E-state index contributed by atoms with van der Waals surface area (Å²) in [5.74, 6) is 0.678. The summed E-state index contributed by atoms with van der Waals surface area (Å²) in [6.45, 7) is 10.9. The van der Waals surface area contributed by atoms with Gasteiger partial charge in [-0.1, -0.05) is 40.0 Å². The Labute approximate surface area is 119 Å². The standard InChI is InChI=1S/C16H32N2O/c1-5-8-9-15(7-3)13-19-12-10-16(4,14-17)18-11-6-2/h15,18H,5-13H2,1-4H3. The normalized spacial score (nSPS) is 15.7. The van der Waals surface area contributed by atoms with Gasteiger partial charge < -0.3 is 4.74 Å². The molecular formula is C16H32N2O. The molecule has 1 N–H and O–H groups in total. The van der Waals surface area contributed by atoms with E-state index in [4.69, 9.17) is 4.74 Å². The summed E-state index contributed by atoms with van der Waals surface area (Å²) < 4.78 is 5.77. The monoisotopic (exact) mass is 268 g/mol. The minimum absolute atomic E-state index is 0.443. The maximum atomic E-state index is 9.21. The molecule has 0 amide bonds. The second-order valence-electron chi connectivity index (χ2n) is 5.61. The molecule has 0 spiro atoms. The molecule has 3 nitrogen and oxygen atoms in total. The van der Waals surface area contributed by atoms with Gasteiger partial charge >= 0.3 is 0 Å². The van der Waals surface area contributed by atoms with E-state index in [0.29, 0.717) is 12.5 Å². The van der Waals surface area contributed by atoms with Gasteiger partial charge in [0.1, 0.15) is 5.54 Å². The molecule has 0 heterocycles. The number of ether oxygens (including phenoxy) is 1. The molecule has 0 radical (unpaired) electrons. The third-order valence-corrected chi connectivity index (χ3v) is 3.66. The molecule has 3 heteroatoms. The molecule has 0 bridgehead atoms. The lowest BCUT2D eigenvalue weighted by Crippen LogP contribution is -2.42. The lowest BCUT2D eigenvalue weighted by molar-refractivity contribution is 0.0826. The van der Waals surface area contributed by atoms with Gasteiger partial charge in [-0.05, 0) is 32.2 Å². The van der Waals surface area contributed by atoms with Crippen molar-refractivity contribution in [2.75, 3.05) is 19.8 Å². The van der Waals surface area contributed by atoms with Gasteiger partial charge in [0.05, 0.1) is 6.07 Å². The quantitative estimate of drug-likeness (QED) is 0.546. The van der Waals surface area contributed by atoms with E-state index in [1.165, 1.54) is 25.7 Å². The molecule has 0 aliphatic carbocycles. The number of nitriles is 1. The summed E-state index contributed by atoms with van der Waals surface area (Å²) >= 11 is 0. The van der Waals surface area contributed by atoms with Crippen molar-refractivity contribution in [1.82, 2.24) is 5.32 Å². The highest BCUT2D eigenvalue weighted by atomic mass is 16.5. The molecule has 2 unspecified atom stereocenters. The van der Waals surface area contributed by atoms with E-state index in [2.05, 4.69) is 32.2 Å². The predicted octanol–water partition coefficient (Wildman–Crippen LogP) is 3.89. The Morgan fingerprint density at radius 3 is 2.53 bits per heavy atom. The van der Waals surface area contributed by atoms with E-state index < -0.39 is 5.54 Å². The van der Waals surface area contributed by atoms with Gasteiger partial charge in [-0.2, -0.15) is 5.26 Å². The molecule has 0 fully saturated rings. The van der Waals surface area contributed by atoms with Crippen molar-refractivity contribution >= 4 is 0 Å². The number of nitrogens with one attached hydrogen (secondary N) is 1. The van der Waals surface area contributed by atoms with E-state index in [1.54, 1.807) is 0 Å². The molecule has 0 aromatic heterocycles. The summed E-state index contributed by atoms with van der Waals surface area (Å²) in [5.41, 5.74) is -0.443. The van der Waals surface area contributed by atoms with Gasteiger partial charge in [0.15, 0.2) is 0 Å². The van der Waals surface area contributed by atoms with E-state index in [-0.39, 0.29) is 0 Å². The minimum atomic E-state index is -0.443. The number of hydrogen-bond acceptors (Lipinski definition) is 3. The van der Waals surface area contributed by atoms with E-state index in [0.717, 1.165) is 26.0 Å². The lowest BCUT2D eigenvalue weighted by atomic mass is 9.99. The Bertz CT molecular complexity index is 250. The summed E-state index contributed by atoms with van der Waals surface area (Å²) in [5, 5.41) is 12.5. The van der Waals surface area contributed by atoms with Crippen molar-refractivity contribution in [2.24, 2.45) is 5.92 Å². The summed E-state index contributed by atoms with van der Waals surface area (Å²) in [6, 6.07) is 2.36. The average Bonchev–Trinajstić information content (AvgIpc) is 2.44. The number of nitrogens with zero attached hydrogens (tertiary/aromatic N) is 1. The molecule has 0 saturated carbocycles. The van der Waals surface area contributed by atoms with Gasteiger partial charge in [0.2, 0.25) is 0 Å². The first-order valence-electron chi connectivity index (χ1n) is 7.85. The number of hydrogen-bond donors (Lipinski definition) is 1. The fourth-order valence-electron chi connectivity index (χ4n) is 2.01. The van der Waals surface area contributed by atoms with Crippen LogP contribution in [0.1, 0.15) is 66.2 Å². The Morgan fingerprint density at radius 2 is 2.00 bits per heavy atom. The largest absolute Gasteiger partial charge is 0.381 e. The zero-order valence-corrected chi connectivity index (χ0v) is 13.3. The topological polar surface area (TPSA) is 45.0 Å². The molecule has 2 atom stereocenters. The number of unbranched alkanes of at least 4 members (excludes halogenated alkanes) is 1. The van der Waals surface area contributed by atoms with Gasteiger partial charge in [-0.3, -0.25) is 5.32 Å². The maximum Gasteiger partial charge on any atom is 0.106 e. The van der Waals surface area contributed by atoms with Crippen molar-refractivity contribution in [3.63, 3.8) is 0 Å². The van der Waals surface area contributed by atoms with E-state index in [9.17, 15) is 5.26 Å². The first-order valence-corrected chi connectivity index (χ1v) is 7.85. The van der Waals surface area contributed by atoms with Crippen molar-refractivity contribution in [2.45, 2.75) is 71.8 Å². The fraction of sp³-hybridized carbons (Fsp3) is 0.938. The molecule has 112 valence electrons. The van der Waals surface area contributed by atoms with Crippen LogP contribution < -0.4 is 5.32 Å².